The zero-order chi connectivity index (χ0) is 30.6. The Morgan fingerprint density at radius 3 is 2.51 bits per heavy atom. The lowest BCUT2D eigenvalue weighted by molar-refractivity contribution is -0.128. The summed E-state index contributed by atoms with van der Waals surface area (Å²) in [7, 11) is 0. The summed E-state index contributed by atoms with van der Waals surface area (Å²) in [5, 5.41) is 0.396. The lowest BCUT2D eigenvalue weighted by Crippen LogP contribution is -2.58. The molecule has 0 saturated carbocycles. The summed E-state index contributed by atoms with van der Waals surface area (Å²) < 4.78 is 43.0. The molecule has 43 heavy (non-hydrogen) atoms. The van der Waals surface area contributed by atoms with Crippen LogP contribution in [0, 0.1) is 11.6 Å². The highest BCUT2D eigenvalue weighted by molar-refractivity contribution is 6.35. The quantitative estimate of drug-likeness (QED) is 0.312. The molecule has 0 aliphatic carbocycles. The van der Waals surface area contributed by atoms with Gasteiger partial charge in [0.15, 0.2) is 5.75 Å². The van der Waals surface area contributed by atoms with Gasteiger partial charge in [-0.05, 0) is 32.1 Å². The van der Waals surface area contributed by atoms with Crippen molar-refractivity contribution in [3.05, 3.63) is 63.0 Å². The van der Waals surface area contributed by atoms with Crippen LogP contribution in [0.4, 0.5) is 14.6 Å². The number of morpholine rings is 1. The van der Waals surface area contributed by atoms with Crippen molar-refractivity contribution in [3.63, 3.8) is 0 Å². The van der Waals surface area contributed by atoms with Crippen LogP contribution in [0.25, 0.3) is 22.0 Å². The fourth-order valence-corrected chi connectivity index (χ4v) is 6.77. The van der Waals surface area contributed by atoms with E-state index in [-0.39, 0.29) is 64.1 Å². The maximum atomic E-state index is 15.3. The molecule has 13 heteroatoms. The summed E-state index contributed by atoms with van der Waals surface area (Å²) in [4.78, 5) is 36.8. The van der Waals surface area contributed by atoms with E-state index < -0.39 is 17.3 Å². The van der Waals surface area contributed by atoms with E-state index >= 15 is 4.39 Å². The first-order valence-electron chi connectivity index (χ1n) is 14.1. The molecule has 0 N–H and O–H groups in total. The van der Waals surface area contributed by atoms with Crippen molar-refractivity contribution in [2.75, 3.05) is 50.9 Å². The second-order valence-corrected chi connectivity index (χ2v) is 12.0. The van der Waals surface area contributed by atoms with E-state index in [1.165, 1.54) is 12.1 Å². The molecule has 2 saturated heterocycles. The first kappa shape index (κ1) is 29.8. The van der Waals surface area contributed by atoms with Crippen LogP contribution in [0.5, 0.6) is 5.75 Å². The zero-order valence-corrected chi connectivity index (χ0v) is 25.3. The Labute approximate surface area is 257 Å². The molecule has 3 atom stereocenters. The van der Waals surface area contributed by atoms with Gasteiger partial charge in [0.25, 0.3) is 0 Å². The van der Waals surface area contributed by atoms with Crippen LogP contribution in [0.3, 0.4) is 0 Å². The summed E-state index contributed by atoms with van der Waals surface area (Å²) in [6.07, 6.45) is 1.29. The van der Waals surface area contributed by atoms with Gasteiger partial charge in [0.05, 0.1) is 34.8 Å². The van der Waals surface area contributed by atoms with Crippen molar-refractivity contribution in [3.8, 4) is 16.9 Å². The fraction of sp³-hybridized carbons (Fsp3) is 0.433. The van der Waals surface area contributed by atoms with Crippen LogP contribution in [0.2, 0.25) is 10.0 Å². The number of hydrogen-bond donors (Lipinski definition) is 0. The second-order valence-electron chi connectivity index (χ2n) is 11.2. The van der Waals surface area contributed by atoms with Gasteiger partial charge in [-0.25, -0.2) is 13.6 Å². The van der Waals surface area contributed by atoms with Crippen molar-refractivity contribution in [1.82, 2.24) is 19.4 Å². The molecule has 0 bridgehead atoms. The fourth-order valence-electron chi connectivity index (χ4n) is 6.31. The third-order valence-electron chi connectivity index (χ3n) is 8.52. The molecule has 228 valence electrons. The highest BCUT2D eigenvalue weighted by Crippen LogP contribution is 2.46. The standard InChI is InChI=1S/C30H31Cl2F2N5O4/c1-4-25(40)37-12-17(3)38(13-16(37)2)29-20-10-22(32)26(19-9-21(31)24(34)11-23(19)33)28-27(20)39(30(41)35-29)14-18(15-43-28)36-5-7-42-8-6-36/h4,9-11,16-18H,1,5-8,12-15H2,2-3H3/t16-,17+,18?/m1/s1. The molecule has 3 aliphatic rings. The summed E-state index contributed by atoms with van der Waals surface area (Å²) in [6.45, 7) is 11.2. The van der Waals surface area contributed by atoms with Crippen molar-refractivity contribution >= 4 is 45.8 Å². The molecule has 6 rings (SSSR count). The summed E-state index contributed by atoms with van der Waals surface area (Å²) in [6, 6.07) is 2.92. The van der Waals surface area contributed by atoms with Gasteiger partial charge in [-0.15, -0.1) is 0 Å². The normalized spacial score (nSPS) is 22.8. The molecule has 0 spiro atoms. The Hall–Kier alpha value is -3.25. The number of halogens is 4. The molecule has 3 aromatic rings. The third-order valence-corrected chi connectivity index (χ3v) is 9.11. The number of anilines is 1. The highest BCUT2D eigenvalue weighted by Gasteiger charge is 2.36. The lowest BCUT2D eigenvalue weighted by Gasteiger charge is -2.44. The van der Waals surface area contributed by atoms with E-state index in [1.54, 1.807) is 15.5 Å². The minimum absolute atomic E-state index is 0.0472. The lowest BCUT2D eigenvalue weighted by atomic mass is 10.00. The second kappa shape index (κ2) is 11.7. The van der Waals surface area contributed by atoms with Gasteiger partial charge in [0.2, 0.25) is 5.91 Å². The van der Waals surface area contributed by atoms with Gasteiger partial charge in [-0.1, -0.05) is 29.8 Å². The zero-order valence-electron chi connectivity index (χ0n) is 23.8. The Bertz CT molecular complexity index is 1680. The molecule has 2 aromatic carbocycles. The highest BCUT2D eigenvalue weighted by atomic mass is 35.5. The average Bonchev–Trinajstić information content (AvgIpc) is 3.19. The monoisotopic (exact) mass is 633 g/mol. The van der Waals surface area contributed by atoms with Crippen molar-refractivity contribution < 1.29 is 23.0 Å². The predicted octanol–water partition coefficient (Wildman–Crippen LogP) is 4.35. The van der Waals surface area contributed by atoms with Crippen molar-refractivity contribution in [2.24, 2.45) is 0 Å². The third kappa shape index (κ3) is 5.26. The number of hydrogen-bond acceptors (Lipinski definition) is 7. The maximum Gasteiger partial charge on any atom is 0.350 e. The predicted molar refractivity (Wildman–Crippen MR) is 161 cm³/mol. The van der Waals surface area contributed by atoms with E-state index in [2.05, 4.69) is 16.5 Å². The molecule has 1 aromatic heterocycles. The number of ether oxygens (including phenoxy) is 2. The first-order valence-corrected chi connectivity index (χ1v) is 14.9. The van der Waals surface area contributed by atoms with Crippen LogP contribution < -0.4 is 15.3 Å². The Kier molecular flexibility index (Phi) is 8.10. The number of piperazine rings is 1. The van der Waals surface area contributed by atoms with Crippen LogP contribution in [0.15, 0.2) is 35.6 Å². The Morgan fingerprint density at radius 1 is 1.05 bits per heavy atom. The topological polar surface area (TPSA) is 80.1 Å². The van der Waals surface area contributed by atoms with Crippen molar-refractivity contribution in [2.45, 2.75) is 38.5 Å². The van der Waals surface area contributed by atoms with Crippen LogP contribution >= 0.6 is 23.2 Å². The van der Waals surface area contributed by atoms with Crippen LogP contribution in [-0.2, 0) is 16.1 Å². The first-order chi connectivity index (χ1) is 20.6. The van der Waals surface area contributed by atoms with Crippen molar-refractivity contribution in [1.29, 1.82) is 0 Å². The minimum Gasteiger partial charge on any atom is -0.489 e. The number of carbonyl (C=O) groups is 1. The van der Waals surface area contributed by atoms with E-state index in [0.29, 0.717) is 62.2 Å². The van der Waals surface area contributed by atoms with Gasteiger partial charge in [-0.2, -0.15) is 4.98 Å². The average molecular weight is 635 g/mol. The maximum absolute atomic E-state index is 15.3. The molecule has 9 nitrogen and oxygen atoms in total. The Balaban J connectivity index is 1.56. The summed E-state index contributed by atoms with van der Waals surface area (Å²) in [5.74, 6) is -1.36. The molecule has 0 radical (unpaired) electrons. The summed E-state index contributed by atoms with van der Waals surface area (Å²) in [5.41, 5.74) is 0.0376. The Morgan fingerprint density at radius 2 is 1.79 bits per heavy atom. The molecule has 1 amide bonds. The minimum atomic E-state index is -0.903. The number of amides is 1. The number of benzene rings is 2. The largest absolute Gasteiger partial charge is 0.489 e. The molecule has 4 heterocycles. The molecule has 3 aliphatic heterocycles. The SMILES string of the molecule is C=CC(=O)N1C[C@H](C)N(c2nc(=O)n3c4c(c(-c5cc(Cl)c(F)cc5F)c(Cl)cc24)OCC(N2CCOCC2)C3)C[C@H]1C. The van der Waals surface area contributed by atoms with E-state index in [9.17, 15) is 14.0 Å². The smallest absolute Gasteiger partial charge is 0.350 e. The number of aromatic nitrogens is 2. The number of nitrogens with zero attached hydrogens (tertiary/aromatic N) is 5. The van der Waals surface area contributed by atoms with Crippen LogP contribution in [-0.4, -0.2) is 89.4 Å². The van der Waals surface area contributed by atoms with E-state index in [0.717, 1.165) is 0 Å². The molecular formula is C30H31Cl2F2N5O4. The van der Waals surface area contributed by atoms with Gasteiger partial charge >= 0.3 is 5.69 Å². The van der Waals surface area contributed by atoms with Gasteiger partial charge in [-0.3, -0.25) is 14.3 Å². The number of rotatable bonds is 4. The van der Waals surface area contributed by atoms with E-state index in [4.69, 9.17) is 32.7 Å². The van der Waals surface area contributed by atoms with Gasteiger partial charge < -0.3 is 19.3 Å². The van der Waals surface area contributed by atoms with Crippen LogP contribution in [0.1, 0.15) is 13.8 Å². The van der Waals surface area contributed by atoms with Gasteiger partial charge in [0, 0.05) is 67.4 Å². The molecule has 1 unspecified atom stereocenters. The summed E-state index contributed by atoms with van der Waals surface area (Å²) >= 11 is 13.0. The molecular weight excluding hydrogens is 603 g/mol. The van der Waals surface area contributed by atoms with Gasteiger partial charge in [0.1, 0.15) is 24.1 Å². The molecule has 2 fully saturated rings. The van der Waals surface area contributed by atoms with E-state index in [1.807, 2.05) is 18.7 Å². The number of carbonyl (C=O) groups excluding carboxylic acids is 1.